The molecule has 0 aliphatic rings. The van der Waals surface area contributed by atoms with Gasteiger partial charge >= 0.3 is 0 Å². The van der Waals surface area contributed by atoms with E-state index in [1.54, 1.807) is 6.07 Å². The molecule has 0 radical (unpaired) electrons. The Morgan fingerprint density at radius 2 is 1.94 bits per heavy atom. The van der Waals surface area contributed by atoms with Gasteiger partial charge in [-0.05, 0) is 55.0 Å². The Morgan fingerprint density at radius 3 is 2.56 bits per heavy atom. The maximum Gasteiger partial charge on any atom is 0.271 e. The summed E-state index contributed by atoms with van der Waals surface area (Å²) in [5, 5.41) is 10.3. The van der Waals surface area contributed by atoms with Crippen molar-refractivity contribution in [2.45, 2.75) is 52.1 Å². The second kappa shape index (κ2) is 11.3. The third kappa shape index (κ3) is 6.81. The number of benzene rings is 2. The predicted molar refractivity (Wildman–Crippen MR) is 121 cm³/mol. The van der Waals surface area contributed by atoms with Crippen molar-refractivity contribution in [2.75, 3.05) is 0 Å². The lowest BCUT2D eigenvalue weighted by atomic mass is 9.99. The SMILES string of the molecule is CC(C)CC(CCc1c[nH]c2ccccc12)Oc1ccc(C#N)c(C(C)(F)F)c1.NC=O. The minimum Gasteiger partial charge on any atom is -0.490 e. The van der Waals surface area contributed by atoms with E-state index in [1.807, 2.05) is 30.5 Å². The molecular weight excluding hydrogens is 412 g/mol. The van der Waals surface area contributed by atoms with E-state index >= 15 is 0 Å². The van der Waals surface area contributed by atoms with Gasteiger partial charge in [-0.1, -0.05) is 32.0 Å². The Hall–Kier alpha value is -3.40. The molecule has 1 atom stereocenters. The van der Waals surface area contributed by atoms with Crippen molar-refractivity contribution in [3.8, 4) is 11.8 Å². The van der Waals surface area contributed by atoms with Gasteiger partial charge < -0.3 is 15.5 Å². The number of rotatable bonds is 8. The summed E-state index contributed by atoms with van der Waals surface area (Å²) in [6.07, 6.45) is 4.59. The molecule has 32 heavy (non-hydrogen) atoms. The lowest BCUT2D eigenvalue weighted by Gasteiger charge is -2.22. The lowest BCUT2D eigenvalue weighted by molar-refractivity contribution is -0.106. The second-order valence-electron chi connectivity index (χ2n) is 8.11. The molecule has 0 aliphatic heterocycles. The lowest BCUT2D eigenvalue weighted by Crippen LogP contribution is -2.20. The molecule has 0 saturated carbocycles. The number of hydrogen-bond acceptors (Lipinski definition) is 3. The van der Waals surface area contributed by atoms with Gasteiger partial charge in [0.15, 0.2) is 0 Å². The Balaban J connectivity index is 0.00000114. The highest BCUT2D eigenvalue weighted by molar-refractivity contribution is 5.83. The highest BCUT2D eigenvalue weighted by atomic mass is 19.3. The van der Waals surface area contributed by atoms with Gasteiger partial charge in [-0.3, -0.25) is 4.79 Å². The summed E-state index contributed by atoms with van der Waals surface area (Å²) in [5.41, 5.74) is 6.17. The number of amides is 1. The summed E-state index contributed by atoms with van der Waals surface area (Å²) in [7, 11) is 0. The van der Waals surface area contributed by atoms with Crippen molar-refractivity contribution in [3.63, 3.8) is 0 Å². The number of aryl methyl sites for hydroxylation is 1. The quantitative estimate of drug-likeness (QED) is 0.441. The third-order valence-corrected chi connectivity index (χ3v) is 5.03. The maximum atomic E-state index is 13.9. The van der Waals surface area contributed by atoms with Crippen LogP contribution in [0.1, 0.15) is 50.3 Å². The van der Waals surface area contributed by atoms with Crippen LogP contribution in [0.4, 0.5) is 8.78 Å². The smallest absolute Gasteiger partial charge is 0.271 e. The number of H-pyrrole nitrogens is 1. The van der Waals surface area contributed by atoms with Gasteiger partial charge in [0.25, 0.3) is 5.92 Å². The van der Waals surface area contributed by atoms with Crippen LogP contribution in [0.2, 0.25) is 0 Å². The third-order valence-electron chi connectivity index (χ3n) is 5.03. The summed E-state index contributed by atoms with van der Waals surface area (Å²) in [5.74, 6) is -2.30. The molecule has 1 amide bonds. The average molecular weight is 442 g/mol. The number of carbonyl (C=O) groups is 1. The number of hydrogen-bond donors (Lipinski definition) is 2. The van der Waals surface area contributed by atoms with E-state index in [0.29, 0.717) is 11.7 Å². The number of nitrogens with zero attached hydrogens (tertiary/aromatic N) is 1. The van der Waals surface area contributed by atoms with E-state index in [1.165, 1.54) is 23.1 Å². The van der Waals surface area contributed by atoms with Gasteiger partial charge in [0, 0.05) is 29.6 Å². The number of fused-ring (bicyclic) bond motifs is 1. The van der Waals surface area contributed by atoms with Crippen LogP contribution < -0.4 is 10.5 Å². The fraction of sp³-hybridized carbons (Fsp3) is 0.360. The number of nitrogens with two attached hydrogens (primary N) is 1. The molecule has 170 valence electrons. The Bertz CT molecular complexity index is 1060. The number of aromatic amines is 1. The van der Waals surface area contributed by atoms with E-state index < -0.39 is 5.92 Å². The van der Waals surface area contributed by atoms with Crippen molar-refractivity contribution >= 4 is 17.3 Å². The molecule has 3 rings (SSSR count). The Labute approximate surface area is 187 Å². The number of aromatic nitrogens is 1. The number of halogens is 2. The average Bonchev–Trinajstić information content (AvgIpc) is 3.15. The Kier molecular flexibility index (Phi) is 8.77. The zero-order chi connectivity index (χ0) is 23.7. The fourth-order valence-corrected chi connectivity index (χ4v) is 3.66. The van der Waals surface area contributed by atoms with Crippen molar-refractivity contribution < 1.29 is 18.3 Å². The van der Waals surface area contributed by atoms with Crippen molar-refractivity contribution in [1.82, 2.24) is 4.98 Å². The molecule has 0 saturated heterocycles. The summed E-state index contributed by atoms with van der Waals surface area (Å²) < 4.78 is 33.9. The minimum atomic E-state index is -3.10. The minimum absolute atomic E-state index is 0.0240. The van der Waals surface area contributed by atoms with Crippen LogP contribution in [0.15, 0.2) is 48.7 Å². The van der Waals surface area contributed by atoms with Crippen LogP contribution in [0.5, 0.6) is 5.75 Å². The van der Waals surface area contributed by atoms with E-state index in [0.717, 1.165) is 31.7 Å². The maximum absolute atomic E-state index is 13.9. The number of primary amides is 1. The monoisotopic (exact) mass is 441 g/mol. The van der Waals surface area contributed by atoms with Crippen molar-refractivity contribution in [2.24, 2.45) is 11.7 Å². The molecule has 3 N–H and O–H groups in total. The zero-order valence-electron chi connectivity index (χ0n) is 18.6. The van der Waals surface area contributed by atoms with Gasteiger partial charge in [0.1, 0.15) is 5.75 Å². The predicted octanol–water partition coefficient (Wildman–Crippen LogP) is 5.68. The van der Waals surface area contributed by atoms with Gasteiger partial charge in [0.05, 0.1) is 17.7 Å². The van der Waals surface area contributed by atoms with Crippen LogP contribution in [0.3, 0.4) is 0 Å². The highest BCUT2D eigenvalue weighted by Crippen LogP contribution is 2.33. The first-order chi connectivity index (χ1) is 15.2. The molecule has 5 nitrogen and oxygen atoms in total. The van der Waals surface area contributed by atoms with Crippen molar-refractivity contribution in [1.29, 1.82) is 5.26 Å². The number of ether oxygens (including phenoxy) is 1. The van der Waals surface area contributed by atoms with E-state index in [4.69, 9.17) is 14.8 Å². The van der Waals surface area contributed by atoms with E-state index in [9.17, 15) is 8.78 Å². The number of nitriles is 1. The normalized spacial score (nSPS) is 12.0. The molecule has 0 spiro atoms. The summed E-state index contributed by atoms with van der Waals surface area (Å²) >= 11 is 0. The molecular formula is C25H29F2N3O2. The van der Waals surface area contributed by atoms with E-state index in [-0.39, 0.29) is 23.6 Å². The van der Waals surface area contributed by atoms with Crippen molar-refractivity contribution in [3.05, 3.63) is 65.4 Å². The number of nitrogens with one attached hydrogen (secondary N) is 1. The largest absolute Gasteiger partial charge is 0.490 e. The fourth-order valence-electron chi connectivity index (χ4n) is 3.66. The van der Waals surface area contributed by atoms with E-state index in [2.05, 4.69) is 30.6 Å². The summed E-state index contributed by atoms with van der Waals surface area (Å²) in [4.78, 5) is 11.9. The highest BCUT2D eigenvalue weighted by Gasteiger charge is 2.28. The number of carbonyl (C=O) groups excluding carboxylic acids is 1. The topological polar surface area (TPSA) is 91.9 Å². The molecule has 7 heteroatoms. The molecule has 0 aliphatic carbocycles. The first kappa shape index (κ1) is 24.9. The molecule has 1 heterocycles. The standard InChI is InChI=1S/C24H26F2N2O.CH3NO/c1-16(2)12-19(11-9-18-15-28-23-7-5-4-6-21(18)23)29-20-10-8-17(14-27)22(13-20)24(3,25)26;2-1-3/h4-8,10,13,15-16,19,28H,9,11-12H2,1-3H3;1H,(H2,2,3). The van der Waals surface area contributed by atoms with Crippen LogP contribution in [0.25, 0.3) is 10.9 Å². The van der Waals surface area contributed by atoms with Gasteiger partial charge in [-0.15, -0.1) is 0 Å². The molecule has 1 unspecified atom stereocenters. The van der Waals surface area contributed by atoms with Crippen LogP contribution in [0, 0.1) is 17.2 Å². The molecule has 2 aromatic carbocycles. The Morgan fingerprint density at radius 1 is 1.25 bits per heavy atom. The van der Waals surface area contributed by atoms with Gasteiger partial charge in [0.2, 0.25) is 6.41 Å². The first-order valence-corrected chi connectivity index (χ1v) is 10.5. The molecule has 3 aromatic rings. The van der Waals surface area contributed by atoms with Crippen LogP contribution in [-0.2, 0) is 17.1 Å². The second-order valence-corrected chi connectivity index (χ2v) is 8.11. The summed E-state index contributed by atoms with van der Waals surface area (Å²) in [6, 6.07) is 14.3. The zero-order valence-corrected chi connectivity index (χ0v) is 18.6. The molecule has 0 bridgehead atoms. The number of para-hydroxylation sites is 1. The molecule has 1 aromatic heterocycles. The van der Waals surface area contributed by atoms with Crippen LogP contribution in [-0.4, -0.2) is 17.5 Å². The number of alkyl halides is 2. The first-order valence-electron chi connectivity index (χ1n) is 10.5. The van der Waals surface area contributed by atoms with Crippen LogP contribution >= 0.6 is 0 Å². The molecule has 0 fully saturated rings. The van der Waals surface area contributed by atoms with Gasteiger partial charge in [-0.25, -0.2) is 8.78 Å². The summed E-state index contributed by atoms with van der Waals surface area (Å²) in [6.45, 7) is 5.04. The van der Waals surface area contributed by atoms with Gasteiger partial charge in [-0.2, -0.15) is 5.26 Å².